The molecule has 102 valence electrons. The van der Waals surface area contributed by atoms with E-state index in [0.717, 1.165) is 12.5 Å². The maximum atomic E-state index is 5.81. The number of ether oxygens (including phenoxy) is 1. The Kier molecular flexibility index (Phi) is 6.50. The summed E-state index contributed by atoms with van der Waals surface area (Å²) in [5.74, 6) is 1.47. The van der Waals surface area contributed by atoms with Crippen molar-refractivity contribution < 1.29 is 4.74 Å². The normalized spacial score (nSPS) is 29.3. The van der Waals surface area contributed by atoms with Crippen molar-refractivity contribution in [2.75, 3.05) is 6.61 Å². The van der Waals surface area contributed by atoms with Crippen molar-refractivity contribution in [3.05, 3.63) is 0 Å². The van der Waals surface area contributed by atoms with Gasteiger partial charge >= 0.3 is 0 Å². The van der Waals surface area contributed by atoms with Gasteiger partial charge in [-0.15, -0.1) is 0 Å². The number of hydrogen-bond acceptors (Lipinski definition) is 2. The van der Waals surface area contributed by atoms with Gasteiger partial charge in [0.1, 0.15) is 0 Å². The molecule has 4 atom stereocenters. The molecule has 0 aromatic carbocycles. The van der Waals surface area contributed by atoms with E-state index < -0.39 is 0 Å². The zero-order chi connectivity index (χ0) is 12.8. The summed E-state index contributed by atoms with van der Waals surface area (Å²) in [6.07, 6.45) is 5.39. The first-order valence-corrected chi connectivity index (χ1v) is 7.40. The summed E-state index contributed by atoms with van der Waals surface area (Å²) in [4.78, 5) is 0. The third-order valence-corrected chi connectivity index (χ3v) is 4.03. The van der Waals surface area contributed by atoms with Crippen molar-refractivity contribution in [3.8, 4) is 0 Å². The van der Waals surface area contributed by atoms with Crippen molar-refractivity contribution in [1.82, 2.24) is 5.32 Å². The van der Waals surface area contributed by atoms with E-state index in [-0.39, 0.29) is 0 Å². The lowest BCUT2D eigenvalue weighted by Gasteiger charge is -2.34. The van der Waals surface area contributed by atoms with Crippen LogP contribution in [0.4, 0.5) is 0 Å². The van der Waals surface area contributed by atoms with E-state index in [1.54, 1.807) is 0 Å². The highest BCUT2D eigenvalue weighted by atomic mass is 16.5. The first kappa shape index (κ1) is 15.0. The van der Waals surface area contributed by atoms with Crippen LogP contribution in [0.25, 0.3) is 0 Å². The molecule has 0 radical (unpaired) electrons. The molecule has 0 amide bonds. The van der Waals surface area contributed by atoms with Gasteiger partial charge < -0.3 is 10.1 Å². The van der Waals surface area contributed by atoms with Crippen LogP contribution in [-0.2, 0) is 4.74 Å². The Morgan fingerprint density at radius 1 is 1.24 bits per heavy atom. The van der Waals surface area contributed by atoms with Crippen LogP contribution < -0.4 is 5.32 Å². The Bertz CT molecular complexity index is 205. The van der Waals surface area contributed by atoms with E-state index in [0.29, 0.717) is 24.1 Å². The second-order valence-corrected chi connectivity index (χ2v) is 6.19. The van der Waals surface area contributed by atoms with E-state index in [9.17, 15) is 0 Å². The molecule has 17 heavy (non-hydrogen) atoms. The molecule has 1 heterocycles. The fraction of sp³-hybridized carbons (Fsp3) is 1.00. The van der Waals surface area contributed by atoms with Gasteiger partial charge in [-0.25, -0.2) is 0 Å². The maximum Gasteiger partial charge on any atom is 0.0612 e. The first-order valence-electron chi connectivity index (χ1n) is 7.40. The predicted octanol–water partition coefficient (Wildman–Crippen LogP) is 3.60. The van der Waals surface area contributed by atoms with Crippen LogP contribution in [0.5, 0.6) is 0 Å². The van der Waals surface area contributed by atoms with Gasteiger partial charge in [-0.1, -0.05) is 34.1 Å². The summed E-state index contributed by atoms with van der Waals surface area (Å²) in [6.45, 7) is 12.4. The van der Waals surface area contributed by atoms with Gasteiger partial charge in [0.25, 0.3) is 0 Å². The van der Waals surface area contributed by atoms with E-state index in [2.05, 4.69) is 39.9 Å². The van der Waals surface area contributed by atoms with Crippen LogP contribution in [0.2, 0.25) is 0 Å². The summed E-state index contributed by atoms with van der Waals surface area (Å²) >= 11 is 0. The van der Waals surface area contributed by atoms with Crippen LogP contribution in [-0.4, -0.2) is 24.8 Å². The van der Waals surface area contributed by atoms with Gasteiger partial charge in [-0.3, -0.25) is 0 Å². The van der Waals surface area contributed by atoms with Crippen LogP contribution in [0.1, 0.15) is 60.3 Å². The Labute approximate surface area is 108 Å². The molecule has 0 aliphatic carbocycles. The molecule has 2 heteroatoms. The SMILES string of the molecule is CCC(C)CC(C)NC1CCOC(C(C)C)C1. The van der Waals surface area contributed by atoms with Crippen molar-refractivity contribution in [2.45, 2.75) is 78.5 Å². The molecule has 0 aromatic rings. The second-order valence-electron chi connectivity index (χ2n) is 6.19. The summed E-state index contributed by atoms with van der Waals surface area (Å²) in [5.41, 5.74) is 0. The molecule has 0 aromatic heterocycles. The molecule has 4 unspecified atom stereocenters. The highest BCUT2D eigenvalue weighted by Gasteiger charge is 2.25. The van der Waals surface area contributed by atoms with Gasteiger partial charge in [0, 0.05) is 18.7 Å². The van der Waals surface area contributed by atoms with Crippen molar-refractivity contribution in [1.29, 1.82) is 0 Å². The van der Waals surface area contributed by atoms with Crippen molar-refractivity contribution in [2.24, 2.45) is 11.8 Å². The van der Waals surface area contributed by atoms with Crippen LogP contribution in [0, 0.1) is 11.8 Å². The molecule has 1 rings (SSSR count). The van der Waals surface area contributed by atoms with E-state index in [1.807, 2.05) is 0 Å². The van der Waals surface area contributed by atoms with E-state index in [4.69, 9.17) is 4.74 Å². The van der Waals surface area contributed by atoms with Crippen molar-refractivity contribution >= 4 is 0 Å². The molecule has 2 nitrogen and oxygen atoms in total. The molecule has 0 spiro atoms. The van der Waals surface area contributed by atoms with Gasteiger partial charge in [-0.05, 0) is 38.0 Å². The Balaban J connectivity index is 2.30. The lowest BCUT2D eigenvalue weighted by Crippen LogP contribution is -2.44. The lowest BCUT2D eigenvalue weighted by atomic mass is 9.93. The van der Waals surface area contributed by atoms with Gasteiger partial charge in [0.05, 0.1) is 6.10 Å². The summed E-state index contributed by atoms with van der Waals surface area (Å²) in [5, 5.41) is 3.79. The van der Waals surface area contributed by atoms with Crippen LogP contribution >= 0.6 is 0 Å². The minimum Gasteiger partial charge on any atom is -0.378 e. The lowest BCUT2D eigenvalue weighted by molar-refractivity contribution is -0.0259. The Morgan fingerprint density at radius 2 is 1.94 bits per heavy atom. The summed E-state index contributed by atoms with van der Waals surface area (Å²) in [6, 6.07) is 1.30. The fourth-order valence-electron chi connectivity index (χ4n) is 2.68. The van der Waals surface area contributed by atoms with Gasteiger partial charge in [0.2, 0.25) is 0 Å². The van der Waals surface area contributed by atoms with E-state index in [1.165, 1.54) is 25.7 Å². The summed E-state index contributed by atoms with van der Waals surface area (Å²) < 4.78 is 5.81. The van der Waals surface area contributed by atoms with E-state index >= 15 is 0 Å². The average Bonchev–Trinajstić information content (AvgIpc) is 2.28. The molecule has 1 N–H and O–H groups in total. The molecule has 1 aliphatic heterocycles. The van der Waals surface area contributed by atoms with Crippen LogP contribution in [0.3, 0.4) is 0 Å². The molecular weight excluding hydrogens is 210 g/mol. The van der Waals surface area contributed by atoms with Crippen molar-refractivity contribution in [3.63, 3.8) is 0 Å². The number of rotatable bonds is 6. The number of nitrogens with one attached hydrogen (secondary N) is 1. The Morgan fingerprint density at radius 3 is 2.53 bits per heavy atom. The van der Waals surface area contributed by atoms with Gasteiger partial charge in [-0.2, -0.15) is 0 Å². The average molecular weight is 241 g/mol. The fourth-order valence-corrected chi connectivity index (χ4v) is 2.68. The minimum absolute atomic E-state index is 0.456. The molecular formula is C15H31NO. The highest BCUT2D eigenvalue weighted by molar-refractivity contribution is 4.81. The summed E-state index contributed by atoms with van der Waals surface area (Å²) in [7, 11) is 0. The second kappa shape index (κ2) is 7.38. The maximum absolute atomic E-state index is 5.81. The Hall–Kier alpha value is -0.0800. The smallest absolute Gasteiger partial charge is 0.0612 e. The quantitative estimate of drug-likeness (QED) is 0.767. The van der Waals surface area contributed by atoms with Gasteiger partial charge in [0.15, 0.2) is 0 Å². The molecule has 0 saturated carbocycles. The molecule has 1 fully saturated rings. The third-order valence-electron chi connectivity index (χ3n) is 4.03. The third kappa shape index (κ3) is 5.39. The molecule has 1 saturated heterocycles. The largest absolute Gasteiger partial charge is 0.378 e. The molecule has 0 bridgehead atoms. The number of hydrogen-bond donors (Lipinski definition) is 1. The molecule has 1 aliphatic rings. The van der Waals surface area contributed by atoms with Crippen LogP contribution in [0.15, 0.2) is 0 Å². The highest BCUT2D eigenvalue weighted by Crippen LogP contribution is 2.21. The standard InChI is InChI=1S/C15H31NO/c1-6-12(4)9-13(5)16-14-7-8-17-15(10-14)11(2)3/h11-16H,6-10H2,1-5H3. The first-order chi connectivity index (χ1) is 8.02. The monoisotopic (exact) mass is 241 g/mol. The predicted molar refractivity (Wildman–Crippen MR) is 74.3 cm³/mol. The topological polar surface area (TPSA) is 21.3 Å². The zero-order valence-corrected chi connectivity index (χ0v) is 12.3. The zero-order valence-electron chi connectivity index (χ0n) is 12.3. The minimum atomic E-state index is 0.456.